The summed E-state index contributed by atoms with van der Waals surface area (Å²) in [5, 5.41) is 19.5. The lowest BCUT2D eigenvalue weighted by Gasteiger charge is -2.18. The normalized spacial score (nSPS) is 18.9. The van der Waals surface area contributed by atoms with Crippen molar-refractivity contribution in [2.45, 2.75) is 18.9 Å². The van der Waals surface area contributed by atoms with E-state index in [9.17, 15) is 14.9 Å². The highest BCUT2D eigenvalue weighted by Crippen LogP contribution is 2.19. The maximum Gasteiger partial charge on any atom is 0.326 e. The lowest BCUT2D eigenvalue weighted by Crippen LogP contribution is -2.31. The van der Waals surface area contributed by atoms with Crippen LogP contribution in [0.15, 0.2) is 30.5 Å². The zero-order valence-electron chi connectivity index (χ0n) is 10.2. The number of carboxylic acids is 1. The number of aliphatic carboxylic acids is 1. The van der Waals surface area contributed by atoms with E-state index < -0.39 is 16.9 Å². The van der Waals surface area contributed by atoms with Crippen LogP contribution in [0.1, 0.15) is 18.4 Å². The first-order valence-electron chi connectivity index (χ1n) is 5.99. The van der Waals surface area contributed by atoms with E-state index in [1.807, 2.05) is 0 Å². The molecule has 0 bridgehead atoms. The third kappa shape index (κ3) is 3.09. The lowest BCUT2D eigenvalue weighted by molar-refractivity contribution is -0.384. The topological polar surface area (TPSA) is 83.7 Å². The number of rotatable bonds is 4. The Balaban J connectivity index is 2.06. The highest BCUT2D eigenvalue weighted by molar-refractivity contribution is 5.74. The molecular formula is C13H14N2O4. The van der Waals surface area contributed by atoms with E-state index in [2.05, 4.69) is 0 Å². The molecule has 0 unspecified atom stereocenters. The smallest absolute Gasteiger partial charge is 0.326 e. The number of carboxylic acid groups (broad SMARTS) is 1. The fraction of sp³-hybridized carbons (Fsp3) is 0.308. The van der Waals surface area contributed by atoms with Crippen LogP contribution in [-0.4, -0.2) is 33.5 Å². The van der Waals surface area contributed by atoms with Gasteiger partial charge in [-0.1, -0.05) is 0 Å². The fourth-order valence-corrected chi connectivity index (χ4v) is 2.12. The lowest BCUT2D eigenvalue weighted by atomic mass is 10.2. The molecule has 2 rings (SSSR count). The third-order valence-corrected chi connectivity index (χ3v) is 3.14. The average Bonchev–Trinajstić information content (AvgIpc) is 2.85. The van der Waals surface area contributed by atoms with Crippen LogP contribution in [0.5, 0.6) is 0 Å². The molecule has 1 N–H and O–H groups in total. The maximum atomic E-state index is 11.0. The van der Waals surface area contributed by atoms with Crippen molar-refractivity contribution >= 4 is 17.7 Å². The number of nitro groups is 1. The molecule has 1 fully saturated rings. The van der Waals surface area contributed by atoms with E-state index in [-0.39, 0.29) is 5.69 Å². The van der Waals surface area contributed by atoms with Gasteiger partial charge < -0.3 is 10.0 Å². The SMILES string of the molecule is O=C(O)[C@@H]1CCCN1/C=C/c1ccc([N+](=O)[O-])cc1. The third-order valence-electron chi connectivity index (χ3n) is 3.14. The van der Waals surface area contributed by atoms with Gasteiger partial charge in [0.2, 0.25) is 0 Å². The summed E-state index contributed by atoms with van der Waals surface area (Å²) in [6.07, 6.45) is 5.03. The van der Waals surface area contributed by atoms with Gasteiger partial charge >= 0.3 is 5.97 Å². The summed E-state index contributed by atoms with van der Waals surface area (Å²) in [5.41, 5.74) is 0.850. The van der Waals surface area contributed by atoms with Gasteiger partial charge in [0, 0.05) is 24.9 Å². The summed E-state index contributed by atoms with van der Waals surface area (Å²) >= 11 is 0. The summed E-state index contributed by atoms with van der Waals surface area (Å²) in [7, 11) is 0. The van der Waals surface area contributed by atoms with Gasteiger partial charge in [-0.25, -0.2) is 4.79 Å². The molecule has 100 valence electrons. The van der Waals surface area contributed by atoms with Gasteiger partial charge in [0.05, 0.1) is 4.92 Å². The fourth-order valence-electron chi connectivity index (χ4n) is 2.12. The first kappa shape index (κ1) is 13.1. The van der Waals surface area contributed by atoms with E-state index in [1.165, 1.54) is 12.1 Å². The van der Waals surface area contributed by atoms with Crippen molar-refractivity contribution in [1.82, 2.24) is 4.90 Å². The quantitative estimate of drug-likeness (QED) is 0.663. The van der Waals surface area contributed by atoms with Crippen LogP contribution in [0, 0.1) is 10.1 Å². The molecule has 1 aliphatic heterocycles. The van der Waals surface area contributed by atoms with Crippen molar-refractivity contribution < 1.29 is 14.8 Å². The van der Waals surface area contributed by atoms with Gasteiger partial charge in [0.15, 0.2) is 0 Å². The monoisotopic (exact) mass is 262 g/mol. The Morgan fingerprint density at radius 3 is 2.68 bits per heavy atom. The minimum absolute atomic E-state index is 0.0433. The first-order valence-corrected chi connectivity index (χ1v) is 5.99. The number of likely N-dealkylation sites (tertiary alicyclic amines) is 1. The zero-order chi connectivity index (χ0) is 13.8. The molecule has 6 heteroatoms. The maximum absolute atomic E-state index is 11.0. The second-order valence-electron chi connectivity index (χ2n) is 4.40. The predicted molar refractivity (Wildman–Crippen MR) is 69.5 cm³/mol. The van der Waals surface area contributed by atoms with E-state index in [0.717, 1.165) is 18.5 Å². The van der Waals surface area contributed by atoms with Gasteiger partial charge in [0.1, 0.15) is 6.04 Å². The zero-order valence-corrected chi connectivity index (χ0v) is 10.2. The van der Waals surface area contributed by atoms with Gasteiger partial charge in [-0.05, 0) is 36.6 Å². The number of hydrogen-bond acceptors (Lipinski definition) is 4. The molecule has 1 heterocycles. The Hall–Kier alpha value is -2.37. The van der Waals surface area contributed by atoms with Crippen LogP contribution >= 0.6 is 0 Å². The second-order valence-corrected chi connectivity index (χ2v) is 4.40. The average molecular weight is 262 g/mol. The van der Waals surface area contributed by atoms with Crippen LogP contribution in [0.4, 0.5) is 5.69 Å². The molecule has 1 aliphatic rings. The molecule has 1 saturated heterocycles. The van der Waals surface area contributed by atoms with Gasteiger partial charge in [-0.2, -0.15) is 0 Å². The molecule has 0 saturated carbocycles. The second kappa shape index (κ2) is 5.51. The summed E-state index contributed by atoms with van der Waals surface area (Å²) in [6, 6.07) is 5.67. The Bertz CT molecular complexity index is 510. The van der Waals surface area contributed by atoms with Crippen molar-refractivity contribution in [2.24, 2.45) is 0 Å². The number of hydrogen-bond donors (Lipinski definition) is 1. The Morgan fingerprint density at radius 2 is 2.11 bits per heavy atom. The minimum Gasteiger partial charge on any atom is -0.480 e. The van der Waals surface area contributed by atoms with Crippen molar-refractivity contribution in [3.63, 3.8) is 0 Å². The molecular weight excluding hydrogens is 248 g/mol. The van der Waals surface area contributed by atoms with E-state index in [1.54, 1.807) is 29.3 Å². The molecule has 0 amide bonds. The molecule has 0 aromatic heterocycles. The molecule has 0 spiro atoms. The van der Waals surface area contributed by atoms with E-state index >= 15 is 0 Å². The number of carbonyl (C=O) groups is 1. The van der Waals surface area contributed by atoms with Crippen molar-refractivity contribution in [3.8, 4) is 0 Å². The summed E-state index contributed by atoms with van der Waals surface area (Å²) < 4.78 is 0. The number of nitro benzene ring substituents is 1. The summed E-state index contributed by atoms with van der Waals surface area (Å²) in [6.45, 7) is 0.723. The molecule has 0 radical (unpaired) electrons. The van der Waals surface area contributed by atoms with Gasteiger partial charge in [-0.15, -0.1) is 0 Å². The standard InChI is InChI=1S/C13H14N2O4/c16-13(17)12-2-1-8-14(12)9-7-10-3-5-11(6-4-10)15(18)19/h3-7,9,12H,1-2,8H2,(H,16,17)/b9-7+/t12-/m0/s1. The number of nitrogens with zero attached hydrogens (tertiary/aromatic N) is 2. The number of benzene rings is 1. The highest BCUT2D eigenvalue weighted by atomic mass is 16.6. The molecule has 19 heavy (non-hydrogen) atoms. The van der Waals surface area contributed by atoms with Crippen molar-refractivity contribution in [2.75, 3.05) is 6.54 Å². The Morgan fingerprint density at radius 1 is 1.42 bits per heavy atom. The molecule has 1 atom stereocenters. The largest absolute Gasteiger partial charge is 0.480 e. The Kier molecular flexibility index (Phi) is 3.79. The van der Waals surface area contributed by atoms with Crippen LogP contribution in [0.2, 0.25) is 0 Å². The molecule has 0 aliphatic carbocycles. The predicted octanol–water partition coefficient (Wildman–Crippen LogP) is 2.11. The van der Waals surface area contributed by atoms with E-state index in [4.69, 9.17) is 5.11 Å². The highest BCUT2D eigenvalue weighted by Gasteiger charge is 2.27. The molecule has 1 aromatic rings. The first-order chi connectivity index (χ1) is 9.08. The Labute approximate surface area is 110 Å². The van der Waals surface area contributed by atoms with E-state index in [0.29, 0.717) is 6.42 Å². The summed E-state index contributed by atoms with van der Waals surface area (Å²) in [5.74, 6) is -0.814. The van der Waals surface area contributed by atoms with Crippen LogP contribution in [-0.2, 0) is 4.79 Å². The molecule has 1 aromatic carbocycles. The number of non-ortho nitro benzene ring substituents is 1. The van der Waals surface area contributed by atoms with Crippen molar-refractivity contribution in [3.05, 3.63) is 46.1 Å². The minimum atomic E-state index is -0.814. The van der Waals surface area contributed by atoms with Crippen LogP contribution < -0.4 is 0 Å². The summed E-state index contributed by atoms with van der Waals surface area (Å²) in [4.78, 5) is 22.8. The van der Waals surface area contributed by atoms with Gasteiger partial charge in [0.25, 0.3) is 5.69 Å². The van der Waals surface area contributed by atoms with Crippen molar-refractivity contribution in [1.29, 1.82) is 0 Å². The molecule has 6 nitrogen and oxygen atoms in total. The van der Waals surface area contributed by atoms with Crippen LogP contribution in [0.3, 0.4) is 0 Å². The van der Waals surface area contributed by atoms with Crippen LogP contribution in [0.25, 0.3) is 6.08 Å². The van der Waals surface area contributed by atoms with Gasteiger partial charge in [-0.3, -0.25) is 10.1 Å².